The predicted molar refractivity (Wildman–Crippen MR) is 77.2 cm³/mol. The molecule has 3 N–H and O–H groups in total. The van der Waals surface area contributed by atoms with Crippen LogP contribution in [-0.4, -0.2) is 50.7 Å². The van der Waals surface area contributed by atoms with Gasteiger partial charge in [0.1, 0.15) is 12.6 Å². The van der Waals surface area contributed by atoms with Crippen LogP contribution >= 0.6 is 0 Å². The third-order valence-corrected chi connectivity index (χ3v) is 3.65. The van der Waals surface area contributed by atoms with E-state index in [2.05, 4.69) is 22.9 Å². The third kappa shape index (κ3) is 5.09. The van der Waals surface area contributed by atoms with E-state index in [9.17, 15) is 9.59 Å². The number of methoxy groups -OCH3 is 1. The number of hydrogen-bond donors (Lipinski definition) is 3. The molecule has 1 aliphatic heterocycles. The Bertz CT molecular complexity index is 334. The summed E-state index contributed by atoms with van der Waals surface area (Å²) in [6.45, 7) is 7.75. The Morgan fingerprint density at radius 3 is 2.65 bits per heavy atom. The molecule has 0 radical (unpaired) electrons. The van der Waals surface area contributed by atoms with Crippen molar-refractivity contribution in [3.8, 4) is 0 Å². The minimum Gasteiger partial charge on any atom is -0.375 e. The summed E-state index contributed by atoms with van der Waals surface area (Å²) in [7, 11) is 1.46. The van der Waals surface area contributed by atoms with E-state index >= 15 is 0 Å². The molecule has 6 heteroatoms. The third-order valence-electron chi connectivity index (χ3n) is 3.65. The summed E-state index contributed by atoms with van der Waals surface area (Å²) in [5.41, 5.74) is 0. The summed E-state index contributed by atoms with van der Waals surface area (Å²) in [4.78, 5) is 23.9. The summed E-state index contributed by atoms with van der Waals surface area (Å²) in [6.07, 6.45) is 0.920. The number of ether oxygens (including phenoxy) is 1. The molecule has 20 heavy (non-hydrogen) atoms. The molecule has 1 aliphatic rings. The molecule has 0 aromatic heterocycles. The van der Waals surface area contributed by atoms with E-state index in [0.29, 0.717) is 5.92 Å². The van der Waals surface area contributed by atoms with Gasteiger partial charge in [0.2, 0.25) is 11.8 Å². The molecule has 0 aromatic rings. The van der Waals surface area contributed by atoms with Crippen molar-refractivity contribution >= 4 is 11.8 Å². The van der Waals surface area contributed by atoms with Crippen molar-refractivity contribution in [1.29, 1.82) is 0 Å². The largest absolute Gasteiger partial charge is 0.375 e. The second kappa shape index (κ2) is 8.21. The van der Waals surface area contributed by atoms with Gasteiger partial charge in [-0.3, -0.25) is 9.59 Å². The molecule has 3 atom stereocenters. The van der Waals surface area contributed by atoms with Crippen LogP contribution in [-0.2, 0) is 14.3 Å². The minimum atomic E-state index is -0.514. The lowest BCUT2D eigenvalue weighted by Crippen LogP contribution is -2.56. The first kappa shape index (κ1) is 16.9. The first-order valence-corrected chi connectivity index (χ1v) is 7.25. The number of piperidine rings is 1. The van der Waals surface area contributed by atoms with Gasteiger partial charge < -0.3 is 20.7 Å². The van der Waals surface area contributed by atoms with Crippen molar-refractivity contribution < 1.29 is 14.3 Å². The van der Waals surface area contributed by atoms with Crippen LogP contribution in [0.3, 0.4) is 0 Å². The van der Waals surface area contributed by atoms with E-state index in [1.54, 1.807) is 0 Å². The van der Waals surface area contributed by atoms with Crippen LogP contribution in [0.2, 0.25) is 0 Å². The summed E-state index contributed by atoms with van der Waals surface area (Å²) >= 11 is 0. The molecule has 0 aromatic carbocycles. The van der Waals surface area contributed by atoms with Crippen LogP contribution in [0.25, 0.3) is 0 Å². The maximum Gasteiger partial charge on any atom is 0.246 e. The molecule has 0 aliphatic carbocycles. The number of carbonyl (C=O) groups is 2. The van der Waals surface area contributed by atoms with Gasteiger partial charge in [0, 0.05) is 13.2 Å². The lowest BCUT2D eigenvalue weighted by atomic mass is 9.94. The minimum absolute atomic E-state index is 0.0275. The molecule has 1 fully saturated rings. The van der Waals surface area contributed by atoms with Crippen molar-refractivity contribution in [3.05, 3.63) is 0 Å². The molecular formula is C14H27N3O3. The first-order valence-electron chi connectivity index (χ1n) is 7.25. The summed E-state index contributed by atoms with van der Waals surface area (Å²) in [5, 5.41) is 9.09. The predicted octanol–water partition coefficient (Wildman–Crippen LogP) is -0.112. The van der Waals surface area contributed by atoms with Crippen LogP contribution in [0.15, 0.2) is 0 Å². The molecule has 1 saturated heterocycles. The number of hydrogen-bond acceptors (Lipinski definition) is 4. The van der Waals surface area contributed by atoms with E-state index in [0.717, 1.165) is 19.5 Å². The van der Waals surface area contributed by atoms with Gasteiger partial charge in [-0.05, 0) is 31.3 Å². The highest BCUT2D eigenvalue weighted by atomic mass is 16.5. The van der Waals surface area contributed by atoms with Crippen LogP contribution in [0.5, 0.6) is 0 Å². The molecule has 2 unspecified atom stereocenters. The molecule has 6 nitrogen and oxygen atoms in total. The molecule has 1 heterocycles. The highest BCUT2D eigenvalue weighted by Crippen LogP contribution is 2.11. The van der Waals surface area contributed by atoms with Crippen molar-refractivity contribution in [1.82, 2.24) is 16.0 Å². The maximum absolute atomic E-state index is 12.4. The zero-order chi connectivity index (χ0) is 15.1. The molecule has 116 valence electrons. The molecule has 0 saturated carbocycles. The van der Waals surface area contributed by atoms with Crippen molar-refractivity contribution in [2.75, 3.05) is 26.8 Å². The molecule has 0 bridgehead atoms. The van der Waals surface area contributed by atoms with E-state index in [-0.39, 0.29) is 30.4 Å². The topological polar surface area (TPSA) is 79.5 Å². The number of amides is 2. The van der Waals surface area contributed by atoms with E-state index in [4.69, 9.17) is 4.74 Å². The summed E-state index contributed by atoms with van der Waals surface area (Å²) in [5.74, 6) is 0.0610. The zero-order valence-corrected chi connectivity index (χ0v) is 12.9. The normalized spacial score (nSPS) is 24.2. The van der Waals surface area contributed by atoms with Gasteiger partial charge in [-0.25, -0.2) is 0 Å². The van der Waals surface area contributed by atoms with Crippen LogP contribution in [0, 0.1) is 11.8 Å². The highest BCUT2D eigenvalue weighted by Gasteiger charge is 2.28. The van der Waals surface area contributed by atoms with Gasteiger partial charge in [-0.2, -0.15) is 0 Å². The maximum atomic E-state index is 12.4. The first-order chi connectivity index (χ1) is 9.45. The lowest BCUT2D eigenvalue weighted by Gasteiger charge is -2.32. The molecule has 1 rings (SSSR count). The summed E-state index contributed by atoms with van der Waals surface area (Å²) in [6, 6.07) is -0.343. The van der Waals surface area contributed by atoms with Crippen LogP contribution in [0.4, 0.5) is 0 Å². The van der Waals surface area contributed by atoms with E-state index in [1.165, 1.54) is 7.11 Å². The SMILES string of the molecule is COCC(=O)N[C@H](C(=O)NC1CCNCC1C)C(C)C. The van der Waals surface area contributed by atoms with Gasteiger partial charge in [0.25, 0.3) is 0 Å². The number of rotatable bonds is 6. The van der Waals surface area contributed by atoms with Gasteiger partial charge in [0.15, 0.2) is 0 Å². The van der Waals surface area contributed by atoms with Crippen molar-refractivity contribution in [3.63, 3.8) is 0 Å². The second-order valence-corrected chi connectivity index (χ2v) is 5.81. The van der Waals surface area contributed by atoms with E-state index < -0.39 is 6.04 Å². The Kier molecular flexibility index (Phi) is 6.95. The summed E-state index contributed by atoms with van der Waals surface area (Å²) < 4.78 is 4.78. The smallest absolute Gasteiger partial charge is 0.246 e. The fourth-order valence-electron chi connectivity index (χ4n) is 2.38. The van der Waals surface area contributed by atoms with Gasteiger partial charge >= 0.3 is 0 Å². The average molecular weight is 285 g/mol. The Morgan fingerprint density at radius 2 is 2.10 bits per heavy atom. The fourth-order valence-corrected chi connectivity index (χ4v) is 2.38. The Balaban J connectivity index is 2.57. The van der Waals surface area contributed by atoms with Gasteiger partial charge in [-0.1, -0.05) is 20.8 Å². The highest BCUT2D eigenvalue weighted by molar-refractivity contribution is 5.88. The van der Waals surface area contributed by atoms with Crippen LogP contribution in [0.1, 0.15) is 27.2 Å². The van der Waals surface area contributed by atoms with Gasteiger partial charge in [0.05, 0.1) is 0 Å². The quantitative estimate of drug-likeness (QED) is 0.636. The standard InChI is InChI=1S/C14H27N3O3/c1-9(2)13(17-12(18)8-20-4)14(19)16-11-5-6-15-7-10(11)3/h9-11,13,15H,5-8H2,1-4H3,(H,16,19)(H,17,18)/t10?,11?,13-/m0/s1. The van der Waals surface area contributed by atoms with Crippen molar-refractivity contribution in [2.45, 2.75) is 39.3 Å². The zero-order valence-electron chi connectivity index (χ0n) is 12.9. The molecule has 0 spiro atoms. The fraction of sp³-hybridized carbons (Fsp3) is 0.857. The molecular weight excluding hydrogens is 258 g/mol. The molecule has 2 amide bonds. The van der Waals surface area contributed by atoms with Gasteiger partial charge in [-0.15, -0.1) is 0 Å². The lowest BCUT2D eigenvalue weighted by molar-refractivity contribution is -0.132. The Morgan fingerprint density at radius 1 is 1.40 bits per heavy atom. The average Bonchev–Trinajstić information content (AvgIpc) is 2.38. The second-order valence-electron chi connectivity index (χ2n) is 5.81. The van der Waals surface area contributed by atoms with Crippen LogP contribution < -0.4 is 16.0 Å². The van der Waals surface area contributed by atoms with E-state index in [1.807, 2.05) is 13.8 Å². The van der Waals surface area contributed by atoms with Crippen molar-refractivity contribution in [2.24, 2.45) is 11.8 Å². The Hall–Kier alpha value is -1.14. The number of carbonyl (C=O) groups excluding carboxylic acids is 2. The Labute approximate surface area is 121 Å². The number of nitrogens with one attached hydrogen (secondary N) is 3. The monoisotopic (exact) mass is 285 g/mol.